The maximum atomic E-state index is 5.34. The van der Waals surface area contributed by atoms with Gasteiger partial charge in [0, 0.05) is 42.4 Å². The zero-order valence-electron chi connectivity index (χ0n) is 30.3. The van der Waals surface area contributed by atoms with Crippen LogP contribution in [0, 0.1) is 0 Å². The van der Waals surface area contributed by atoms with Gasteiger partial charge >= 0.3 is 0 Å². The van der Waals surface area contributed by atoms with Crippen molar-refractivity contribution in [3.05, 3.63) is 222 Å². The molecule has 0 amide bonds. The molecule has 8 aromatic carbocycles. The molecule has 1 aliphatic carbocycles. The molecule has 0 saturated carbocycles. The highest BCUT2D eigenvalue weighted by atomic mass is 32.1. The van der Waals surface area contributed by atoms with Crippen molar-refractivity contribution in [1.82, 2.24) is 15.0 Å². The number of thiophene rings is 1. The van der Waals surface area contributed by atoms with Crippen molar-refractivity contribution in [1.29, 1.82) is 0 Å². The summed E-state index contributed by atoms with van der Waals surface area (Å²) in [6.45, 7) is 0. The molecule has 0 bridgehead atoms. The van der Waals surface area contributed by atoms with Crippen molar-refractivity contribution in [2.75, 3.05) is 0 Å². The van der Waals surface area contributed by atoms with Crippen LogP contribution >= 0.6 is 11.3 Å². The van der Waals surface area contributed by atoms with Crippen LogP contribution in [-0.4, -0.2) is 15.0 Å². The molecule has 0 saturated heterocycles. The molecule has 0 atom stereocenters. The summed E-state index contributed by atoms with van der Waals surface area (Å²) < 4.78 is 2.47. The summed E-state index contributed by atoms with van der Waals surface area (Å²) in [5.41, 5.74) is 12.1. The van der Waals surface area contributed by atoms with E-state index < -0.39 is 5.41 Å². The molecule has 4 heteroatoms. The number of nitrogens with zero attached hydrogens (tertiary/aromatic N) is 3. The van der Waals surface area contributed by atoms with E-state index in [2.05, 4.69) is 164 Å². The first-order chi connectivity index (χ1) is 27.8. The quantitative estimate of drug-likeness (QED) is 0.171. The van der Waals surface area contributed by atoms with Gasteiger partial charge in [0.05, 0.1) is 5.41 Å². The van der Waals surface area contributed by atoms with Crippen LogP contribution in [0.25, 0.3) is 76.6 Å². The highest BCUT2D eigenvalue weighted by Crippen LogP contribution is 2.61. The monoisotopic (exact) mass is 731 g/mol. The molecule has 56 heavy (non-hydrogen) atoms. The van der Waals surface area contributed by atoms with E-state index in [1.165, 1.54) is 64.7 Å². The maximum Gasteiger partial charge on any atom is 0.164 e. The van der Waals surface area contributed by atoms with E-state index >= 15 is 0 Å². The Bertz CT molecular complexity index is 2950. The van der Waals surface area contributed by atoms with E-state index in [0.717, 1.165) is 16.7 Å². The van der Waals surface area contributed by atoms with Crippen LogP contribution in [0.15, 0.2) is 200 Å². The lowest BCUT2D eigenvalue weighted by atomic mass is 9.67. The Morgan fingerprint density at radius 2 is 0.875 bits per heavy atom. The first kappa shape index (κ1) is 32.4. The fraction of sp³-hybridized carbons (Fsp3) is 0.0192. The topological polar surface area (TPSA) is 38.7 Å². The summed E-state index contributed by atoms with van der Waals surface area (Å²) >= 11 is 1.86. The predicted octanol–water partition coefficient (Wildman–Crippen LogP) is 13.3. The number of hydrogen-bond donors (Lipinski definition) is 0. The van der Waals surface area contributed by atoms with Gasteiger partial charge in [-0.05, 0) is 57.1 Å². The second-order valence-electron chi connectivity index (χ2n) is 14.3. The molecule has 10 aromatic rings. The van der Waals surface area contributed by atoms with Crippen molar-refractivity contribution in [2.45, 2.75) is 5.41 Å². The van der Waals surface area contributed by atoms with Crippen LogP contribution < -0.4 is 0 Å². The molecule has 0 N–H and O–H groups in total. The Kier molecular flexibility index (Phi) is 7.58. The van der Waals surface area contributed by atoms with E-state index in [9.17, 15) is 0 Å². The van der Waals surface area contributed by atoms with E-state index in [-0.39, 0.29) is 0 Å². The first-order valence-corrected chi connectivity index (χ1v) is 19.8. The summed E-state index contributed by atoms with van der Waals surface area (Å²) in [4.78, 5) is 15.8. The molecule has 11 rings (SSSR count). The fourth-order valence-electron chi connectivity index (χ4n) is 8.76. The highest BCUT2D eigenvalue weighted by molar-refractivity contribution is 7.26. The Morgan fingerprint density at radius 3 is 1.46 bits per heavy atom. The van der Waals surface area contributed by atoms with Crippen LogP contribution in [-0.2, 0) is 5.41 Å². The lowest BCUT2D eigenvalue weighted by Crippen LogP contribution is -2.28. The third-order valence-electron chi connectivity index (χ3n) is 11.2. The largest absolute Gasteiger partial charge is 0.208 e. The lowest BCUT2D eigenvalue weighted by Gasteiger charge is -2.34. The summed E-state index contributed by atoms with van der Waals surface area (Å²) in [6.07, 6.45) is 0. The van der Waals surface area contributed by atoms with Gasteiger partial charge in [-0.1, -0.05) is 182 Å². The minimum atomic E-state index is -0.630. The maximum absolute atomic E-state index is 5.34. The van der Waals surface area contributed by atoms with E-state index in [0.29, 0.717) is 17.5 Å². The van der Waals surface area contributed by atoms with Crippen LogP contribution in [0.3, 0.4) is 0 Å². The Balaban J connectivity index is 1.31. The number of fused-ring (bicyclic) bond motifs is 7. The summed E-state index contributed by atoms with van der Waals surface area (Å²) in [7, 11) is 0. The molecule has 0 radical (unpaired) electrons. The van der Waals surface area contributed by atoms with Crippen molar-refractivity contribution in [3.8, 4) is 56.4 Å². The standard InChI is InChI=1S/C52H33N3S/c1-6-18-34(19-7-1)37-30-31-40-43(32-37)52(38-24-12-4-13-25-38,39-26-14-5-15-27-39)44-33-42(46-41-28-16-17-29-45(41)56-48(46)47(40)44)51-54-49(35-20-8-2-9-21-35)53-50(55-51)36-22-10-3-11-23-36/h1-33H. The number of aromatic nitrogens is 3. The lowest BCUT2D eigenvalue weighted by molar-refractivity contribution is 0.769. The number of rotatable bonds is 6. The van der Waals surface area contributed by atoms with Crippen molar-refractivity contribution < 1.29 is 0 Å². The third kappa shape index (κ3) is 5.00. The van der Waals surface area contributed by atoms with Crippen LogP contribution in [0.2, 0.25) is 0 Å². The van der Waals surface area contributed by atoms with Gasteiger partial charge < -0.3 is 0 Å². The fourth-order valence-corrected chi connectivity index (χ4v) is 10.1. The molecular weight excluding hydrogens is 699 g/mol. The van der Waals surface area contributed by atoms with Gasteiger partial charge in [-0.25, -0.2) is 15.0 Å². The Labute approximate surface area is 329 Å². The molecule has 2 aromatic heterocycles. The van der Waals surface area contributed by atoms with Gasteiger partial charge in [0.1, 0.15) is 0 Å². The van der Waals surface area contributed by atoms with Gasteiger partial charge in [0.2, 0.25) is 0 Å². The zero-order valence-corrected chi connectivity index (χ0v) is 31.1. The summed E-state index contributed by atoms with van der Waals surface area (Å²) in [5, 5.41) is 2.37. The molecule has 0 fully saturated rings. The van der Waals surface area contributed by atoms with Crippen molar-refractivity contribution in [3.63, 3.8) is 0 Å². The smallest absolute Gasteiger partial charge is 0.164 e. The minimum absolute atomic E-state index is 0.630. The Hall–Kier alpha value is -7.01. The van der Waals surface area contributed by atoms with E-state index in [1.54, 1.807) is 0 Å². The average molecular weight is 732 g/mol. The molecule has 0 aliphatic heterocycles. The molecule has 262 valence electrons. The highest BCUT2D eigenvalue weighted by Gasteiger charge is 2.48. The van der Waals surface area contributed by atoms with Crippen molar-refractivity contribution in [2.24, 2.45) is 0 Å². The first-order valence-electron chi connectivity index (χ1n) is 18.9. The third-order valence-corrected chi connectivity index (χ3v) is 12.4. The van der Waals surface area contributed by atoms with Crippen LogP contribution in [0.5, 0.6) is 0 Å². The van der Waals surface area contributed by atoms with Crippen molar-refractivity contribution >= 4 is 31.5 Å². The van der Waals surface area contributed by atoms with E-state index in [4.69, 9.17) is 15.0 Å². The summed E-state index contributed by atoms with van der Waals surface area (Å²) in [5.74, 6) is 1.96. The molecule has 3 nitrogen and oxygen atoms in total. The average Bonchev–Trinajstić information content (AvgIpc) is 3.81. The minimum Gasteiger partial charge on any atom is -0.208 e. The normalized spacial score (nSPS) is 12.8. The van der Waals surface area contributed by atoms with E-state index in [1.807, 2.05) is 47.7 Å². The van der Waals surface area contributed by atoms with Gasteiger partial charge in [-0.3, -0.25) is 0 Å². The Morgan fingerprint density at radius 1 is 0.375 bits per heavy atom. The predicted molar refractivity (Wildman–Crippen MR) is 232 cm³/mol. The second-order valence-corrected chi connectivity index (χ2v) is 15.3. The molecule has 1 aliphatic rings. The van der Waals surface area contributed by atoms with Gasteiger partial charge in [0.25, 0.3) is 0 Å². The molecule has 0 spiro atoms. The SMILES string of the molecule is c1ccc(-c2ccc3c(c2)C(c2ccccc2)(c2ccccc2)c2cc(-c4nc(-c5ccccc5)nc(-c5ccccc5)n4)c4c(sc5ccccc54)c2-3)cc1. The van der Waals surface area contributed by atoms with Gasteiger partial charge in [0.15, 0.2) is 17.5 Å². The second kappa shape index (κ2) is 13.1. The van der Waals surface area contributed by atoms with Crippen LogP contribution in [0.4, 0.5) is 0 Å². The zero-order chi connectivity index (χ0) is 37.1. The number of hydrogen-bond acceptors (Lipinski definition) is 4. The molecule has 0 unspecified atom stereocenters. The number of benzene rings is 8. The van der Waals surface area contributed by atoms with Crippen LogP contribution in [0.1, 0.15) is 22.3 Å². The van der Waals surface area contributed by atoms with Gasteiger partial charge in [-0.15, -0.1) is 11.3 Å². The molecular formula is C52H33N3S. The summed E-state index contributed by atoms with van der Waals surface area (Å²) in [6, 6.07) is 71.6. The molecule has 2 heterocycles. The van der Waals surface area contributed by atoms with Gasteiger partial charge in [-0.2, -0.15) is 0 Å².